The van der Waals surface area contributed by atoms with Gasteiger partial charge in [-0.1, -0.05) is 53.5 Å². The summed E-state index contributed by atoms with van der Waals surface area (Å²) in [6.45, 7) is 5.59. The molecule has 35 heavy (non-hydrogen) atoms. The molecule has 4 aromatic rings. The van der Waals surface area contributed by atoms with Crippen LogP contribution in [0.25, 0.3) is 21.8 Å². The average molecular weight is 532 g/mol. The van der Waals surface area contributed by atoms with Crippen LogP contribution in [-0.2, 0) is 0 Å². The van der Waals surface area contributed by atoms with E-state index in [0.717, 1.165) is 67.7 Å². The Morgan fingerprint density at radius 1 is 0.886 bits per heavy atom. The van der Waals surface area contributed by atoms with Crippen molar-refractivity contribution in [3.05, 3.63) is 76.3 Å². The van der Waals surface area contributed by atoms with E-state index in [2.05, 4.69) is 32.2 Å². The smallest absolute Gasteiger partial charge is 0.251 e. The average Bonchev–Trinajstić information content (AvgIpc) is 3.24. The summed E-state index contributed by atoms with van der Waals surface area (Å²) in [6, 6.07) is 19.9. The number of H-pyrrole nitrogens is 1. The molecule has 2 heterocycles. The summed E-state index contributed by atoms with van der Waals surface area (Å²) in [6.07, 6.45) is 2.01. The van der Waals surface area contributed by atoms with E-state index >= 15 is 0 Å². The van der Waals surface area contributed by atoms with Crippen molar-refractivity contribution in [1.29, 1.82) is 0 Å². The Hall–Kier alpha value is -2.44. The van der Waals surface area contributed by atoms with Crippen molar-refractivity contribution in [3.8, 4) is 0 Å². The van der Waals surface area contributed by atoms with Gasteiger partial charge in [-0.3, -0.25) is 9.69 Å². The number of aromatic nitrogens is 1. The first-order valence-corrected chi connectivity index (χ1v) is 12.6. The van der Waals surface area contributed by atoms with Gasteiger partial charge in [-0.2, -0.15) is 0 Å². The molecular weight excluding hydrogens is 503 g/mol. The van der Waals surface area contributed by atoms with Crippen molar-refractivity contribution in [1.82, 2.24) is 15.2 Å². The number of anilines is 1. The van der Waals surface area contributed by atoms with E-state index < -0.39 is 0 Å². The molecule has 1 aliphatic rings. The van der Waals surface area contributed by atoms with Crippen molar-refractivity contribution < 1.29 is 4.79 Å². The Morgan fingerprint density at radius 3 is 2.49 bits per heavy atom. The fraction of sp³-hybridized carbons (Fsp3) is 0.296. The fourth-order valence-corrected chi connectivity index (χ4v) is 5.12. The first kappa shape index (κ1) is 25.6. The van der Waals surface area contributed by atoms with Gasteiger partial charge in [-0.05, 0) is 49.7 Å². The molecule has 0 aliphatic carbocycles. The number of benzene rings is 3. The molecule has 5 nitrogen and oxygen atoms in total. The highest BCUT2D eigenvalue weighted by Gasteiger charge is 2.19. The van der Waals surface area contributed by atoms with Gasteiger partial charge in [0.15, 0.2) is 0 Å². The molecule has 0 bridgehead atoms. The van der Waals surface area contributed by atoms with Gasteiger partial charge in [-0.25, -0.2) is 0 Å². The van der Waals surface area contributed by atoms with Crippen LogP contribution >= 0.6 is 35.6 Å². The predicted molar refractivity (Wildman–Crippen MR) is 150 cm³/mol. The summed E-state index contributed by atoms with van der Waals surface area (Å²) in [5.41, 5.74) is 3.79. The predicted octanol–water partition coefficient (Wildman–Crippen LogP) is 6.38. The van der Waals surface area contributed by atoms with Crippen molar-refractivity contribution in [3.63, 3.8) is 0 Å². The largest absolute Gasteiger partial charge is 0.368 e. The molecule has 1 fully saturated rings. The van der Waals surface area contributed by atoms with Gasteiger partial charge in [0.05, 0.1) is 15.7 Å². The minimum atomic E-state index is -0.0208. The number of para-hydroxylation sites is 1. The SMILES string of the molecule is Cl.O=C(NCCCCN1CCN(c2cccc(Cl)c2Cl)CC1)c1ccc2c(c1)[nH]c1ccccc12. The number of fused-ring (bicyclic) bond motifs is 3. The number of aromatic amines is 1. The number of nitrogens with one attached hydrogen (secondary N) is 2. The Bertz CT molecular complexity index is 1310. The highest BCUT2D eigenvalue weighted by atomic mass is 35.5. The van der Waals surface area contributed by atoms with E-state index in [4.69, 9.17) is 23.2 Å². The highest BCUT2D eigenvalue weighted by molar-refractivity contribution is 6.43. The normalized spacial score (nSPS) is 14.3. The van der Waals surface area contributed by atoms with Crippen molar-refractivity contribution >= 4 is 69.0 Å². The van der Waals surface area contributed by atoms with Crippen LogP contribution in [0.5, 0.6) is 0 Å². The fourth-order valence-electron chi connectivity index (χ4n) is 4.71. The number of hydrogen-bond acceptors (Lipinski definition) is 3. The van der Waals surface area contributed by atoms with Crippen LogP contribution in [0.4, 0.5) is 5.69 Å². The zero-order valence-electron chi connectivity index (χ0n) is 19.4. The van der Waals surface area contributed by atoms with E-state index in [1.165, 1.54) is 5.39 Å². The van der Waals surface area contributed by atoms with Gasteiger partial charge in [0.2, 0.25) is 0 Å². The number of unbranched alkanes of at least 4 members (excludes halogenated alkanes) is 1. The third-order valence-corrected chi connectivity index (χ3v) is 7.41. The summed E-state index contributed by atoms with van der Waals surface area (Å²) < 4.78 is 0. The molecular formula is C27H29Cl3N4O. The molecule has 0 atom stereocenters. The maximum atomic E-state index is 12.6. The molecule has 0 spiro atoms. The Kier molecular flexibility index (Phi) is 8.45. The van der Waals surface area contributed by atoms with E-state index in [1.54, 1.807) is 0 Å². The topological polar surface area (TPSA) is 51.4 Å². The summed E-state index contributed by atoms with van der Waals surface area (Å²) in [5.74, 6) is -0.0208. The first-order valence-electron chi connectivity index (χ1n) is 11.8. The second-order valence-electron chi connectivity index (χ2n) is 8.80. The third-order valence-electron chi connectivity index (χ3n) is 6.60. The maximum Gasteiger partial charge on any atom is 0.251 e. The van der Waals surface area contributed by atoms with E-state index in [1.807, 2.05) is 48.5 Å². The van der Waals surface area contributed by atoms with Crippen LogP contribution in [0.2, 0.25) is 10.0 Å². The lowest BCUT2D eigenvalue weighted by Crippen LogP contribution is -2.46. The zero-order valence-corrected chi connectivity index (χ0v) is 21.7. The summed E-state index contributed by atoms with van der Waals surface area (Å²) in [5, 5.41) is 6.63. The van der Waals surface area contributed by atoms with Crippen molar-refractivity contribution in [2.75, 3.05) is 44.2 Å². The minimum absolute atomic E-state index is 0. The van der Waals surface area contributed by atoms with Gasteiger partial charge >= 0.3 is 0 Å². The first-order chi connectivity index (χ1) is 16.6. The molecule has 184 valence electrons. The van der Waals surface area contributed by atoms with Gasteiger partial charge in [0, 0.05) is 60.1 Å². The molecule has 5 rings (SSSR count). The molecule has 2 N–H and O–H groups in total. The number of carbonyl (C=O) groups excluding carboxylic acids is 1. The molecule has 8 heteroatoms. The molecule has 1 amide bonds. The third kappa shape index (κ3) is 5.70. The van der Waals surface area contributed by atoms with Crippen LogP contribution < -0.4 is 10.2 Å². The van der Waals surface area contributed by atoms with Gasteiger partial charge in [0.25, 0.3) is 5.91 Å². The Balaban J connectivity index is 0.00000289. The van der Waals surface area contributed by atoms with Crippen molar-refractivity contribution in [2.45, 2.75) is 12.8 Å². The lowest BCUT2D eigenvalue weighted by Gasteiger charge is -2.36. The van der Waals surface area contributed by atoms with Crippen LogP contribution in [0.15, 0.2) is 60.7 Å². The van der Waals surface area contributed by atoms with E-state index in [-0.39, 0.29) is 18.3 Å². The van der Waals surface area contributed by atoms with Crippen LogP contribution in [0.1, 0.15) is 23.2 Å². The van der Waals surface area contributed by atoms with E-state index in [0.29, 0.717) is 22.2 Å². The monoisotopic (exact) mass is 530 g/mol. The van der Waals surface area contributed by atoms with Gasteiger partial charge < -0.3 is 15.2 Å². The molecule has 1 aromatic heterocycles. The van der Waals surface area contributed by atoms with Gasteiger partial charge in [-0.15, -0.1) is 12.4 Å². The number of halogens is 3. The second kappa shape index (κ2) is 11.5. The lowest BCUT2D eigenvalue weighted by atomic mass is 10.1. The Morgan fingerprint density at radius 2 is 1.66 bits per heavy atom. The van der Waals surface area contributed by atoms with Crippen molar-refractivity contribution in [2.24, 2.45) is 0 Å². The van der Waals surface area contributed by atoms with E-state index in [9.17, 15) is 4.79 Å². The number of hydrogen-bond donors (Lipinski definition) is 2. The standard InChI is InChI=1S/C27H28Cl2N4O.ClH/c28-22-7-5-9-25(26(22)29)33-16-14-32(15-17-33)13-4-3-12-30-27(34)19-10-11-21-20-6-1-2-8-23(20)31-24(21)18-19;/h1-2,5-11,18,31H,3-4,12-17H2,(H,30,34);1H. The highest BCUT2D eigenvalue weighted by Crippen LogP contribution is 2.33. The molecule has 0 saturated carbocycles. The summed E-state index contributed by atoms with van der Waals surface area (Å²) in [7, 11) is 0. The molecule has 1 aliphatic heterocycles. The molecule has 0 radical (unpaired) electrons. The quantitative estimate of drug-likeness (QED) is 0.272. The summed E-state index contributed by atoms with van der Waals surface area (Å²) >= 11 is 12.5. The Labute approximate surface area is 221 Å². The second-order valence-corrected chi connectivity index (χ2v) is 9.58. The maximum absolute atomic E-state index is 12.6. The minimum Gasteiger partial charge on any atom is -0.368 e. The van der Waals surface area contributed by atoms with Crippen LogP contribution in [0, 0.1) is 0 Å². The summed E-state index contributed by atoms with van der Waals surface area (Å²) in [4.78, 5) is 20.8. The molecule has 1 saturated heterocycles. The van der Waals surface area contributed by atoms with Crippen LogP contribution in [0.3, 0.4) is 0 Å². The molecule has 3 aromatic carbocycles. The number of nitrogens with zero attached hydrogens (tertiary/aromatic N) is 2. The number of rotatable bonds is 7. The van der Waals surface area contributed by atoms with Gasteiger partial charge in [0.1, 0.15) is 0 Å². The number of amides is 1. The van der Waals surface area contributed by atoms with Crippen LogP contribution in [-0.4, -0.2) is 55.1 Å². The zero-order chi connectivity index (χ0) is 23.5. The number of piperazine rings is 1. The molecule has 0 unspecified atom stereocenters. The lowest BCUT2D eigenvalue weighted by molar-refractivity contribution is 0.0952. The number of carbonyl (C=O) groups is 1.